The Kier molecular flexibility index (Phi) is 5.70. The molecule has 1 atom stereocenters. The number of anilines is 3. The first kappa shape index (κ1) is 28.2. The third kappa shape index (κ3) is 3.71. The number of hydrogen-bond acceptors (Lipinski definition) is 3. The molecule has 0 fully saturated rings. The van der Waals surface area contributed by atoms with Gasteiger partial charge in [-0.3, -0.25) is 0 Å². The van der Waals surface area contributed by atoms with Gasteiger partial charge in [0, 0.05) is 40.3 Å². The maximum absolute atomic E-state index is 6.89. The van der Waals surface area contributed by atoms with E-state index in [1.54, 1.807) is 0 Å². The molecule has 0 saturated carbocycles. The molecule has 7 aromatic carbocycles. The van der Waals surface area contributed by atoms with Gasteiger partial charge in [0.2, 0.25) is 6.04 Å². The molecule has 240 valence electrons. The highest BCUT2D eigenvalue weighted by atomic mass is 16.5. The van der Waals surface area contributed by atoms with E-state index in [1.165, 1.54) is 60.4 Å². The van der Waals surface area contributed by atoms with Gasteiger partial charge in [-0.15, -0.1) is 0 Å². The molecule has 5 heterocycles. The van der Waals surface area contributed by atoms with E-state index in [9.17, 15) is 0 Å². The van der Waals surface area contributed by atoms with Crippen molar-refractivity contribution in [3.05, 3.63) is 181 Å². The lowest BCUT2D eigenvalue weighted by molar-refractivity contribution is -0.704. The first-order valence-corrected chi connectivity index (χ1v) is 18.0. The van der Waals surface area contributed by atoms with Gasteiger partial charge < -0.3 is 14.4 Å². The standard InChI is InChI=1S/C46H29B2N2O2/c1-3-13-29(14-4-1)50-36-19-8-7-18-35(36)48-43-31-24-25-40-42(30(31)23-26-41(43)52-39-22-12-20-37(50)45(39)48)47-34-17-6-5-15-32(34)46(49-27-9-2-10-28-49)33-16-11-21-38(51-40)44(33)47/h1-28,46H/q+1. The average Bonchev–Trinajstić information content (AvgIpc) is 3.21. The SMILES string of the molecule is c1ccc(N2c3ccccc3B3c4c(cccc42)Oc2ccc4c5c(ccc4c23)Oc2cccc3c2B5c2ccccc2C3[n+]2ccccc2)cc1. The van der Waals surface area contributed by atoms with Gasteiger partial charge in [0.15, 0.2) is 12.4 Å². The molecule has 0 spiro atoms. The summed E-state index contributed by atoms with van der Waals surface area (Å²) in [6.45, 7) is 0.0192. The summed E-state index contributed by atoms with van der Waals surface area (Å²) in [4.78, 5) is 2.39. The molecule has 0 amide bonds. The van der Waals surface area contributed by atoms with Crippen molar-refractivity contribution in [1.82, 2.24) is 0 Å². The molecule has 1 unspecified atom stereocenters. The van der Waals surface area contributed by atoms with E-state index in [4.69, 9.17) is 9.47 Å². The van der Waals surface area contributed by atoms with E-state index >= 15 is 0 Å². The van der Waals surface area contributed by atoms with Crippen molar-refractivity contribution >= 4 is 74.0 Å². The number of pyridine rings is 1. The largest absolute Gasteiger partial charge is 0.458 e. The molecule has 8 aromatic rings. The zero-order chi connectivity index (χ0) is 33.9. The Morgan fingerprint density at radius 3 is 1.75 bits per heavy atom. The second kappa shape index (κ2) is 10.5. The summed E-state index contributed by atoms with van der Waals surface area (Å²) >= 11 is 0. The first-order valence-electron chi connectivity index (χ1n) is 18.0. The van der Waals surface area contributed by atoms with Gasteiger partial charge in [-0.05, 0) is 86.6 Å². The Balaban J connectivity index is 1.12. The fourth-order valence-electron chi connectivity index (χ4n) is 9.65. The van der Waals surface area contributed by atoms with Gasteiger partial charge in [-0.1, -0.05) is 103 Å². The molecular formula is C46H29B2N2O2+. The van der Waals surface area contributed by atoms with E-state index in [0.29, 0.717) is 0 Å². The molecule has 6 heteroatoms. The number of fused-ring (bicyclic) bond motifs is 11. The average molecular weight is 663 g/mol. The first-order chi connectivity index (χ1) is 25.8. The number of hydrogen-bond donors (Lipinski definition) is 0. The molecule has 0 radical (unpaired) electrons. The van der Waals surface area contributed by atoms with E-state index in [-0.39, 0.29) is 19.5 Å². The van der Waals surface area contributed by atoms with Crippen molar-refractivity contribution < 1.29 is 14.0 Å². The van der Waals surface area contributed by atoms with Crippen LogP contribution < -0.4 is 51.7 Å². The highest BCUT2D eigenvalue weighted by Crippen LogP contribution is 2.42. The predicted octanol–water partition coefficient (Wildman–Crippen LogP) is 6.11. The minimum absolute atomic E-state index is 0.00211. The quantitative estimate of drug-likeness (QED) is 0.165. The molecule has 0 N–H and O–H groups in total. The number of benzene rings is 7. The zero-order valence-corrected chi connectivity index (χ0v) is 28.1. The van der Waals surface area contributed by atoms with E-state index in [2.05, 4.69) is 180 Å². The van der Waals surface area contributed by atoms with Crippen LogP contribution in [-0.2, 0) is 0 Å². The molecule has 0 aliphatic carbocycles. The van der Waals surface area contributed by atoms with Gasteiger partial charge in [0.25, 0.3) is 13.4 Å². The Hall–Kier alpha value is -6.52. The van der Waals surface area contributed by atoms with Crippen LogP contribution in [0.4, 0.5) is 17.1 Å². The van der Waals surface area contributed by atoms with E-state index in [0.717, 1.165) is 34.4 Å². The van der Waals surface area contributed by atoms with Crippen LogP contribution in [0.25, 0.3) is 10.8 Å². The van der Waals surface area contributed by atoms with Crippen molar-refractivity contribution in [2.24, 2.45) is 0 Å². The summed E-state index contributed by atoms with van der Waals surface area (Å²) in [5, 5.41) is 2.40. The van der Waals surface area contributed by atoms with Gasteiger partial charge in [-0.25, -0.2) is 0 Å². The maximum atomic E-state index is 6.89. The van der Waals surface area contributed by atoms with Gasteiger partial charge in [0.05, 0.1) is 0 Å². The van der Waals surface area contributed by atoms with Crippen LogP contribution in [-0.4, -0.2) is 13.4 Å². The number of aromatic nitrogens is 1. The maximum Gasteiger partial charge on any atom is 0.257 e. The Morgan fingerprint density at radius 2 is 0.981 bits per heavy atom. The lowest BCUT2D eigenvalue weighted by Crippen LogP contribution is -2.63. The van der Waals surface area contributed by atoms with Crippen LogP contribution in [0.3, 0.4) is 0 Å². The molecule has 4 nitrogen and oxygen atoms in total. The van der Waals surface area contributed by atoms with Crippen molar-refractivity contribution in [2.45, 2.75) is 6.04 Å². The number of rotatable bonds is 2. The lowest BCUT2D eigenvalue weighted by atomic mass is 9.31. The lowest BCUT2D eigenvalue weighted by Gasteiger charge is -2.40. The van der Waals surface area contributed by atoms with Crippen molar-refractivity contribution in [3.8, 4) is 23.0 Å². The molecule has 52 heavy (non-hydrogen) atoms. The number of para-hydroxylation sites is 2. The Morgan fingerprint density at radius 1 is 0.423 bits per heavy atom. The molecule has 12 rings (SSSR count). The molecular weight excluding hydrogens is 634 g/mol. The Labute approximate surface area is 302 Å². The number of nitrogens with zero attached hydrogens (tertiary/aromatic N) is 2. The van der Waals surface area contributed by atoms with Crippen LogP contribution in [0.1, 0.15) is 17.2 Å². The van der Waals surface area contributed by atoms with Crippen molar-refractivity contribution in [1.29, 1.82) is 0 Å². The highest BCUT2D eigenvalue weighted by molar-refractivity contribution is 7.02. The zero-order valence-electron chi connectivity index (χ0n) is 28.1. The fraction of sp³-hybridized carbons (Fsp3) is 0.0217. The van der Waals surface area contributed by atoms with Crippen LogP contribution in [0.5, 0.6) is 23.0 Å². The smallest absolute Gasteiger partial charge is 0.257 e. The number of ether oxygens (including phenoxy) is 2. The second-order valence-corrected chi connectivity index (χ2v) is 14.2. The fourth-order valence-corrected chi connectivity index (χ4v) is 9.65. The minimum Gasteiger partial charge on any atom is -0.458 e. The van der Waals surface area contributed by atoms with Crippen LogP contribution in [0.2, 0.25) is 0 Å². The predicted molar refractivity (Wildman–Crippen MR) is 211 cm³/mol. The summed E-state index contributed by atoms with van der Waals surface area (Å²) in [7, 11) is 0. The molecule has 0 saturated heterocycles. The topological polar surface area (TPSA) is 25.6 Å². The second-order valence-electron chi connectivity index (χ2n) is 14.2. The summed E-state index contributed by atoms with van der Waals surface area (Å²) in [6, 6.07) is 56.8. The van der Waals surface area contributed by atoms with Crippen molar-refractivity contribution in [3.63, 3.8) is 0 Å². The summed E-state index contributed by atoms with van der Waals surface area (Å²) in [5.74, 6) is 3.68. The highest BCUT2D eigenvalue weighted by Gasteiger charge is 2.47. The third-order valence-corrected chi connectivity index (χ3v) is 11.6. The van der Waals surface area contributed by atoms with Crippen LogP contribution >= 0.6 is 0 Å². The van der Waals surface area contributed by atoms with Gasteiger partial charge in [-0.2, -0.15) is 4.57 Å². The minimum atomic E-state index is -0.00211. The molecule has 4 aliphatic rings. The van der Waals surface area contributed by atoms with E-state index < -0.39 is 0 Å². The summed E-state index contributed by atoms with van der Waals surface area (Å²) < 4.78 is 16.1. The summed E-state index contributed by atoms with van der Waals surface area (Å²) in [6.07, 6.45) is 4.35. The summed E-state index contributed by atoms with van der Waals surface area (Å²) in [5.41, 5.74) is 13.6. The van der Waals surface area contributed by atoms with Crippen molar-refractivity contribution in [2.75, 3.05) is 4.90 Å². The third-order valence-electron chi connectivity index (χ3n) is 11.6. The molecule has 4 aliphatic heterocycles. The van der Waals surface area contributed by atoms with E-state index in [1.807, 2.05) is 0 Å². The van der Waals surface area contributed by atoms with Crippen LogP contribution in [0.15, 0.2) is 170 Å². The van der Waals surface area contributed by atoms with Gasteiger partial charge >= 0.3 is 0 Å². The monoisotopic (exact) mass is 663 g/mol. The Bertz CT molecular complexity index is 2600. The molecule has 1 aromatic heterocycles. The van der Waals surface area contributed by atoms with Gasteiger partial charge in [0.1, 0.15) is 23.0 Å². The normalized spacial score (nSPS) is 15.3. The molecule has 0 bridgehead atoms. The van der Waals surface area contributed by atoms with Crippen LogP contribution in [0, 0.1) is 0 Å².